The van der Waals surface area contributed by atoms with Gasteiger partial charge in [0.2, 0.25) is 0 Å². The van der Waals surface area contributed by atoms with Crippen molar-refractivity contribution in [2.45, 2.75) is 0 Å². The first-order valence-electron chi connectivity index (χ1n) is 9.32. The van der Waals surface area contributed by atoms with Gasteiger partial charge in [-0.25, -0.2) is 4.39 Å². The van der Waals surface area contributed by atoms with Crippen LogP contribution in [0.5, 0.6) is 0 Å². The highest BCUT2D eigenvalue weighted by Crippen LogP contribution is 2.44. The second-order valence-corrected chi connectivity index (χ2v) is 7.13. The number of nitrogens with zero attached hydrogens (tertiary/aromatic N) is 5. The van der Waals surface area contributed by atoms with Gasteiger partial charge < -0.3 is 14.4 Å². The molecular weight excluding hydrogens is 353 g/mol. The van der Waals surface area contributed by atoms with E-state index >= 15 is 0 Å². The largest absolute Gasteiger partial charge is 0.355 e. The molecule has 3 heterocycles. The van der Waals surface area contributed by atoms with Crippen molar-refractivity contribution in [2.75, 3.05) is 38.1 Å². The Bertz CT molecular complexity index is 1010. The standard InChI is InChI=1S/C22H22FN5/c1-26-11-13-28(14-12-26)22-21(17-7-9-25-10-8-17)20(19(15-24)27(22)2)16-3-5-18(23)6-4-16/h3-10H,11-14H2,1-2H3. The number of aromatic nitrogens is 2. The first-order valence-corrected chi connectivity index (χ1v) is 9.32. The molecule has 3 aromatic rings. The molecule has 1 saturated heterocycles. The van der Waals surface area contributed by atoms with Crippen molar-refractivity contribution in [3.05, 3.63) is 60.3 Å². The molecule has 6 heteroatoms. The van der Waals surface area contributed by atoms with Gasteiger partial charge in [-0.2, -0.15) is 5.26 Å². The fourth-order valence-corrected chi connectivity index (χ4v) is 3.88. The summed E-state index contributed by atoms with van der Waals surface area (Å²) in [4.78, 5) is 8.78. The van der Waals surface area contributed by atoms with Gasteiger partial charge in [0.15, 0.2) is 0 Å². The Hall–Kier alpha value is -3.17. The van der Waals surface area contributed by atoms with Crippen molar-refractivity contribution >= 4 is 5.82 Å². The summed E-state index contributed by atoms with van der Waals surface area (Å²) in [7, 11) is 4.06. The molecule has 1 aliphatic rings. The summed E-state index contributed by atoms with van der Waals surface area (Å²) in [5, 5.41) is 9.96. The third kappa shape index (κ3) is 3.14. The maximum absolute atomic E-state index is 13.5. The van der Waals surface area contributed by atoms with Gasteiger partial charge in [0, 0.05) is 56.7 Å². The molecule has 2 aromatic heterocycles. The van der Waals surface area contributed by atoms with Crippen molar-refractivity contribution in [3.63, 3.8) is 0 Å². The van der Waals surface area contributed by atoms with Crippen molar-refractivity contribution in [1.29, 1.82) is 5.26 Å². The van der Waals surface area contributed by atoms with E-state index < -0.39 is 0 Å². The molecule has 0 spiro atoms. The van der Waals surface area contributed by atoms with Crippen LogP contribution < -0.4 is 4.90 Å². The summed E-state index contributed by atoms with van der Waals surface area (Å²) in [5.41, 5.74) is 4.25. The van der Waals surface area contributed by atoms with Crippen LogP contribution in [0.3, 0.4) is 0 Å². The van der Waals surface area contributed by atoms with E-state index in [0.717, 1.165) is 54.3 Å². The molecule has 0 aliphatic carbocycles. The number of likely N-dealkylation sites (N-methyl/N-ethyl adjacent to an activating group) is 1. The molecule has 0 radical (unpaired) electrons. The second-order valence-electron chi connectivity index (χ2n) is 7.13. The summed E-state index contributed by atoms with van der Waals surface area (Å²) in [5.74, 6) is 0.734. The lowest BCUT2D eigenvalue weighted by molar-refractivity contribution is 0.311. The Morgan fingerprint density at radius 1 is 0.893 bits per heavy atom. The van der Waals surface area contributed by atoms with E-state index in [-0.39, 0.29) is 5.82 Å². The maximum atomic E-state index is 13.5. The maximum Gasteiger partial charge on any atom is 0.130 e. The summed E-state index contributed by atoms with van der Waals surface area (Å²) in [6.45, 7) is 3.71. The van der Waals surface area contributed by atoms with Gasteiger partial charge in [0.1, 0.15) is 23.4 Å². The summed E-state index contributed by atoms with van der Waals surface area (Å²) in [6, 6.07) is 12.7. The number of rotatable bonds is 3. The normalized spacial score (nSPS) is 14.9. The Labute approximate surface area is 164 Å². The summed E-state index contributed by atoms with van der Waals surface area (Å²) in [6.07, 6.45) is 3.52. The molecule has 1 fully saturated rings. The van der Waals surface area contributed by atoms with Gasteiger partial charge in [-0.3, -0.25) is 4.98 Å². The molecule has 0 bridgehead atoms. The Balaban J connectivity index is 1.98. The number of nitriles is 1. The van der Waals surface area contributed by atoms with Gasteiger partial charge in [-0.15, -0.1) is 0 Å². The van der Waals surface area contributed by atoms with Gasteiger partial charge in [0.05, 0.1) is 0 Å². The molecule has 142 valence electrons. The van der Waals surface area contributed by atoms with Crippen LogP contribution in [0, 0.1) is 17.1 Å². The minimum absolute atomic E-state index is 0.289. The fraction of sp³-hybridized carbons (Fsp3) is 0.273. The number of halogens is 1. The van der Waals surface area contributed by atoms with Crippen LogP contribution in [0.4, 0.5) is 10.2 Å². The first kappa shape index (κ1) is 18.2. The van der Waals surface area contributed by atoms with E-state index in [9.17, 15) is 9.65 Å². The minimum atomic E-state index is -0.289. The van der Waals surface area contributed by atoms with E-state index in [1.807, 2.05) is 23.7 Å². The minimum Gasteiger partial charge on any atom is -0.355 e. The van der Waals surface area contributed by atoms with Gasteiger partial charge in [-0.05, 0) is 42.4 Å². The van der Waals surface area contributed by atoms with Crippen LogP contribution in [0.1, 0.15) is 5.69 Å². The molecule has 5 nitrogen and oxygen atoms in total. The first-order chi connectivity index (χ1) is 13.6. The lowest BCUT2D eigenvalue weighted by Gasteiger charge is -2.35. The van der Waals surface area contributed by atoms with Crippen molar-refractivity contribution in [2.24, 2.45) is 7.05 Å². The van der Waals surface area contributed by atoms with E-state index in [1.54, 1.807) is 24.5 Å². The van der Waals surface area contributed by atoms with Crippen molar-refractivity contribution < 1.29 is 4.39 Å². The number of piperazine rings is 1. The molecule has 0 unspecified atom stereocenters. The van der Waals surface area contributed by atoms with Crippen molar-refractivity contribution in [3.8, 4) is 28.3 Å². The highest BCUT2D eigenvalue weighted by molar-refractivity contribution is 5.95. The van der Waals surface area contributed by atoms with Crippen LogP contribution in [0.15, 0.2) is 48.8 Å². The molecule has 1 aliphatic heterocycles. The molecule has 0 atom stereocenters. The van der Waals surface area contributed by atoms with Gasteiger partial charge >= 0.3 is 0 Å². The second kappa shape index (κ2) is 7.45. The average molecular weight is 375 g/mol. The average Bonchev–Trinajstić information content (AvgIpc) is 3.02. The lowest BCUT2D eigenvalue weighted by Crippen LogP contribution is -2.45. The smallest absolute Gasteiger partial charge is 0.130 e. The number of pyridine rings is 1. The molecule has 0 N–H and O–H groups in total. The molecule has 4 rings (SSSR count). The zero-order valence-corrected chi connectivity index (χ0v) is 16.1. The van der Waals surface area contributed by atoms with Crippen molar-refractivity contribution in [1.82, 2.24) is 14.5 Å². The predicted molar refractivity (Wildman–Crippen MR) is 108 cm³/mol. The quantitative estimate of drug-likeness (QED) is 0.703. The molecule has 0 amide bonds. The zero-order valence-electron chi connectivity index (χ0n) is 16.1. The van der Waals surface area contributed by atoms with Crippen LogP contribution in [0.2, 0.25) is 0 Å². The monoisotopic (exact) mass is 375 g/mol. The molecular formula is C22H22FN5. The third-order valence-corrected chi connectivity index (χ3v) is 5.37. The van der Waals surface area contributed by atoms with E-state index in [2.05, 4.69) is 27.9 Å². The SMILES string of the molecule is CN1CCN(c2c(-c3ccncc3)c(-c3ccc(F)cc3)c(C#N)n2C)CC1. The predicted octanol–water partition coefficient (Wildman–Crippen LogP) is 3.52. The van der Waals surface area contributed by atoms with E-state index in [4.69, 9.17) is 0 Å². The van der Waals surface area contributed by atoms with Crippen LogP contribution in [0.25, 0.3) is 22.3 Å². The third-order valence-electron chi connectivity index (χ3n) is 5.37. The number of hydrogen-bond donors (Lipinski definition) is 0. The molecule has 28 heavy (non-hydrogen) atoms. The summed E-state index contributed by atoms with van der Waals surface area (Å²) >= 11 is 0. The Kier molecular flexibility index (Phi) is 4.84. The fourth-order valence-electron chi connectivity index (χ4n) is 3.88. The summed E-state index contributed by atoms with van der Waals surface area (Å²) < 4.78 is 15.5. The zero-order chi connectivity index (χ0) is 19.7. The highest BCUT2D eigenvalue weighted by atomic mass is 19.1. The van der Waals surface area contributed by atoms with E-state index in [0.29, 0.717) is 5.69 Å². The highest BCUT2D eigenvalue weighted by Gasteiger charge is 2.28. The Morgan fingerprint density at radius 3 is 2.11 bits per heavy atom. The van der Waals surface area contributed by atoms with Crippen LogP contribution >= 0.6 is 0 Å². The number of hydrogen-bond acceptors (Lipinski definition) is 4. The van der Waals surface area contributed by atoms with Gasteiger partial charge in [0.25, 0.3) is 0 Å². The number of anilines is 1. The van der Waals surface area contributed by atoms with Gasteiger partial charge in [-0.1, -0.05) is 12.1 Å². The van der Waals surface area contributed by atoms with Crippen LogP contribution in [-0.2, 0) is 7.05 Å². The van der Waals surface area contributed by atoms with Crippen LogP contribution in [-0.4, -0.2) is 47.7 Å². The Morgan fingerprint density at radius 2 is 1.50 bits per heavy atom. The number of benzene rings is 1. The topological polar surface area (TPSA) is 48.1 Å². The lowest BCUT2D eigenvalue weighted by atomic mass is 9.96. The molecule has 1 aromatic carbocycles. The molecule has 0 saturated carbocycles. The van der Waals surface area contributed by atoms with E-state index in [1.165, 1.54) is 12.1 Å².